The van der Waals surface area contributed by atoms with Crippen LogP contribution in [0.15, 0.2) is 48.9 Å². The number of hydrogen-bond acceptors (Lipinski definition) is 5. The van der Waals surface area contributed by atoms with Crippen molar-refractivity contribution in [1.29, 1.82) is 5.26 Å². The SMILES string of the molecule is COc1cc(C#N)cc(-c2cc(-c3ccc(F)cn3)ncn2)c1. The van der Waals surface area contributed by atoms with Crippen LogP contribution in [-0.2, 0) is 0 Å². The highest BCUT2D eigenvalue weighted by Crippen LogP contribution is 2.26. The Morgan fingerprint density at radius 2 is 1.83 bits per heavy atom. The number of ether oxygens (including phenoxy) is 1. The van der Waals surface area contributed by atoms with Crippen LogP contribution in [0.25, 0.3) is 22.6 Å². The van der Waals surface area contributed by atoms with Crippen LogP contribution in [0, 0.1) is 17.1 Å². The van der Waals surface area contributed by atoms with Gasteiger partial charge in [-0.2, -0.15) is 5.26 Å². The summed E-state index contributed by atoms with van der Waals surface area (Å²) in [5.74, 6) is 0.161. The highest BCUT2D eigenvalue weighted by molar-refractivity contribution is 5.68. The van der Waals surface area contributed by atoms with Gasteiger partial charge in [-0.1, -0.05) is 0 Å². The molecule has 0 aliphatic heterocycles. The number of nitriles is 1. The molecule has 0 aliphatic carbocycles. The van der Waals surface area contributed by atoms with Crippen molar-refractivity contribution in [2.45, 2.75) is 0 Å². The molecule has 0 radical (unpaired) electrons. The zero-order chi connectivity index (χ0) is 16.2. The van der Waals surface area contributed by atoms with E-state index in [0.29, 0.717) is 28.4 Å². The van der Waals surface area contributed by atoms with Gasteiger partial charge in [0.2, 0.25) is 0 Å². The Morgan fingerprint density at radius 3 is 2.52 bits per heavy atom. The second kappa shape index (κ2) is 6.20. The number of benzene rings is 1. The average Bonchev–Trinajstić information content (AvgIpc) is 2.62. The lowest BCUT2D eigenvalue weighted by molar-refractivity contribution is 0.415. The van der Waals surface area contributed by atoms with Crippen LogP contribution in [-0.4, -0.2) is 22.1 Å². The quantitative estimate of drug-likeness (QED) is 0.743. The van der Waals surface area contributed by atoms with E-state index >= 15 is 0 Å². The van der Waals surface area contributed by atoms with Crippen LogP contribution in [0.2, 0.25) is 0 Å². The Hall–Kier alpha value is -3.33. The molecule has 5 nitrogen and oxygen atoms in total. The molecule has 0 unspecified atom stereocenters. The molecular weight excluding hydrogens is 295 g/mol. The molecule has 2 aromatic heterocycles. The maximum Gasteiger partial charge on any atom is 0.141 e. The van der Waals surface area contributed by atoms with Crippen molar-refractivity contribution in [3.05, 3.63) is 60.3 Å². The monoisotopic (exact) mass is 306 g/mol. The van der Waals surface area contributed by atoms with Crippen molar-refractivity contribution in [3.8, 4) is 34.5 Å². The topological polar surface area (TPSA) is 71.7 Å². The van der Waals surface area contributed by atoms with E-state index in [-0.39, 0.29) is 0 Å². The first-order chi connectivity index (χ1) is 11.2. The molecule has 3 rings (SSSR count). The van der Waals surface area contributed by atoms with Gasteiger partial charge in [-0.3, -0.25) is 4.98 Å². The van der Waals surface area contributed by atoms with Gasteiger partial charge in [0, 0.05) is 5.56 Å². The lowest BCUT2D eigenvalue weighted by atomic mass is 10.1. The van der Waals surface area contributed by atoms with E-state index in [2.05, 4.69) is 21.0 Å². The van der Waals surface area contributed by atoms with E-state index in [0.717, 1.165) is 11.8 Å². The summed E-state index contributed by atoms with van der Waals surface area (Å²) in [5.41, 5.74) is 2.93. The van der Waals surface area contributed by atoms with Crippen LogP contribution >= 0.6 is 0 Å². The van der Waals surface area contributed by atoms with Crippen LogP contribution < -0.4 is 4.74 Å². The molecule has 0 atom stereocenters. The van der Waals surface area contributed by atoms with Gasteiger partial charge in [-0.25, -0.2) is 14.4 Å². The summed E-state index contributed by atoms with van der Waals surface area (Å²) < 4.78 is 18.2. The summed E-state index contributed by atoms with van der Waals surface area (Å²) in [6.07, 6.45) is 2.54. The van der Waals surface area contributed by atoms with Crippen molar-refractivity contribution >= 4 is 0 Å². The number of methoxy groups -OCH3 is 1. The Kier molecular flexibility index (Phi) is 3.93. The van der Waals surface area contributed by atoms with E-state index in [1.54, 1.807) is 30.3 Å². The fourth-order valence-corrected chi connectivity index (χ4v) is 2.11. The first-order valence-corrected chi connectivity index (χ1v) is 6.73. The highest BCUT2D eigenvalue weighted by Gasteiger charge is 2.08. The van der Waals surface area contributed by atoms with E-state index in [1.165, 1.54) is 19.5 Å². The number of aromatic nitrogens is 3. The third kappa shape index (κ3) is 3.14. The highest BCUT2D eigenvalue weighted by atomic mass is 19.1. The maximum atomic E-state index is 13.0. The second-order valence-electron chi connectivity index (χ2n) is 4.71. The van der Waals surface area contributed by atoms with Gasteiger partial charge < -0.3 is 4.74 Å². The average molecular weight is 306 g/mol. The standard InChI is InChI=1S/C17H11FN4O/c1-23-14-5-11(8-19)4-12(6-14)16-7-17(22-10-21-16)15-3-2-13(18)9-20-15/h2-7,9-10H,1H3. The van der Waals surface area contributed by atoms with Crippen LogP contribution in [0.4, 0.5) is 4.39 Å². The Bertz CT molecular complexity index is 888. The summed E-state index contributed by atoms with van der Waals surface area (Å²) in [7, 11) is 1.54. The predicted octanol–water partition coefficient (Wildman–Crippen LogP) is 3.22. The normalized spacial score (nSPS) is 10.1. The van der Waals surface area contributed by atoms with Gasteiger partial charge in [0.25, 0.3) is 0 Å². The summed E-state index contributed by atoms with van der Waals surface area (Å²) in [4.78, 5) is 12.4. The minimum absolute atomic E-state index is 0.408. The van der Waals surface area contributed by atoms with Gasteiger partial charge in [0.1, 0.15) is 17.9 Å². The van der Waals surface area contributed by atoms with E-state index < -0.39 is 5.82 Å². The molecule has 112 valence electrons. The summed E-state index contributed by atoms with van der Waals surface area (Å²) in [6, 6.07) is 11.8. The van der Waals surface area contributed by atoms with Gasteiger partial charge in [0.05, 0.1) is 42.0 Å². The number of pyridine rings is 1. The van der Waals surface area contributed by atoms with E-state index in [4.69, 9.17) is 10.00 Å². The minimum Gasteiger partial charge on any atom is -0.497 e. The van der Waals surface area contributed by atoms with E-state index in [1.807, 2.05) is 0 Å². The van der Waals surface area contributed by atoms with Gasteiger partial charge in [-0.05, 0) is 36.4 Å². The molecule has 2 heterocycles. The molecule has 0 aliphatic rings. The predicted molar refractivity (Wildman–Crippen MR) is 81.9 cm³/mol. The molecule has 0 fully saturated rings. The van der Waals surface area contributed by atoms with E-state index in [9.17, 15) is 4.39 Å². The number of nitrogens with zero attached hydrogens (tertiary/aromatic N) is 4. The molecule has 6 heteroatoms. The molecule has 1 aromatic carbocycles. The van der Waals surface area contributed by atoms with Crippen LogP contribution in [0.5, 0.6) is 5.75 Å². The minimum atomic E-state index is -0.408. The van der Waals surface area contributed by atoms with Crippen molar-refractivity contribution in [2.24, 2.45) is 0 Å². The third-order valence-electron chi connectivity index (χ3n) is 3.22. The first kappa shape index (κ1) is 14.6. The Labute approximate surface area is 132 Å². The summed E-state index contributed by atoms with van der Waals surface area (Å²) >= 11 is 0. The van der Waals surface area contributed by atoms with Crippen molar-refractivity contribution in [1.82, 2.24) is 15.0 Å². The fourth-order valence-electron chi connectivity index (χ4n) is 2.11. The largest absolute Gasteiger partial charge is 0.497 e. The molecule has 0 saturated heterocycles. The van der Waals surface area contributed by atoms with Crippen molar-refractivity contribution in [2.75, 3.05) is 7.11 Å². The molecule has 0 amide bonds. The molecule has 0 spiro atoms. The zero-order valence-electron chi connectivity index (χ0n) is 12.2. The van der Waals surface area contributed by atoms with Gasteiger partial charge >= 0.3 is 0 Å². The maximum absolute atomic E-state index is 13.0. The zero-order valence-corrected chi connectivity index (χ0v) is 12.2. The smallest absolute Gasteiger partial charge is 0.141 e. The molecule has 0 saturated carbocycles. The molecule has 0 N–H and O–H groups in total. The van der Waals surface area contributed by atoms with Crippen LogP contribution in [0.3, 0.4) is 0 Å². The summed E-state index contributed by atoms with van der Waals surface area (Å²) in [6.45, 7) is 0. The third-order valence-corrected chi connectivity index (χ3v) is 3.22. The molecule has 23 heavy (non-hydrogen) atoms. The molecule has 0 bridgehead atoms. The Morgan fingerprint density at radius 1 is 1.00 bits per heavy atom. The number of hydrogen-bond donors (Lipinski definition) is 0. The number of halogens is 1. The van der Waals surface area contributed by atoms with Crippen molar-refractivity contribution < 1.29 is 9.13 Å². The van der Waals surface area contributed by atoms with Crippen molar-refractivity contribution in [3.63, 3.8) is 0 Å². The Balaban J connectivity index is 2.06. The van der Waals surface area contributed by atoms with Crippen LogP contribution in [0.1, 0.15) is 5.56 Å². The first-order valence-electron chi connectivity index (χ1n) is 6.73. The van der Waals surface area contributed by atoms with Gasteiger partial charge in [-0.15, -0.1) is 0 Å². The molecular formula is C17H11FN4O. The fraction of sp³-hybridized carbons (Fsp3) is 0.0588. The lowest BCUT2D eigenvalue weighted by Crippen LogP contribution is -1.93. The second-order valence-corrected chi connectivity index (χ2v) is 4.71. The van der Waals surface area contributed by atoms with Gasteiger partial charge in [0.15, 0.2) is 0 Å². The summed E-state index contributed by atoms with van der Waals surface area (Å²) in [5, 5.41) is 9.10. The lowest BCUT2D eigenvalue weighted by Gasteiger charge is -2.07. The molecule has 3 aromatic rings. The number of rotatable bonds is 3.